The van der Waals surface area contributed by atoms with Crippen LogP contribution in [0, 0.1) is 11.6 Å². The van der Waals surface area contributed by atoms with Gasteiger partial charge in [0.15, 0.2) is 5.82 Å². The van der Waals surface area contributed by atoms with Gasteiger partial charge in [-0.25, -0.2) is 13.6 Å². The summed E-state index contributed by atoms with van der Waals surface area (Å²) >= 11 is 0. The second-order valence-corrected chi connectivity index (χ2v) is 4.62. The van der Waals surface area contributed by atoms with Gasteiger partial charge in [0.05, 0.1) is 16.8 Å². The van der Waals surface area contributed by atoms with E-state index in [1.807, 2.05) is 0 Å². The molecule has 0 fully saturated rings. The fourth-order valence-corrected chi connectivity index (χ4v) is 2.17. The van der Waals surface area contributed by atoms with Crippen LogP contribution in [0.5, 0.6) is 0 Å². The van der Waals surface area contributed by atoms with Crippen LogP contribution >= 0.6 is 0 Å². The highest BCUT2D eigenvalue weighted by molar-refractivity contribution is 5.94. The molecule has 2 aromatic carbocycles. The van der Waals surface area contributed by atoms with Crippen molar-refractivity contribution in [3.05, 3.63) is 65.9 Å². The summed E-state index contributed by atoms with van der Waals surface area (Å²) in [7, 11) is 0. The Morgan fingerprint density at radius 1 is 1.09 bits per heavy atom. The van der Waals surface area contributed by atoms with Crippen molar-refractivity contribution in [1.29, 1.82) is 0 Å². The molecule has 0 unspecified atom stereocenters. The Morgan fingerprint density at radius 3 is 2.68 bits per heavy atom. The number of carboxylic acid groups (broad SMARTS) is 1. The Labute approximate surface area is 124 Å². The maximum atomic E-state index is 14.2. The van der Waals surface area contributed by atoms with E-state index in [9.17, 15) is 13.6 Å². The molecule has 1 heterocycles. The molecular weight excluding hydrogens is 290 g/mol. The van der Waals surface area contributed by atoms with Gasteiger partial charge in [-0.2, -0.15) is 0 Å². The summed E-state index contributed by atoms with van der Waals surface area (Å²) in [5.41, 5.74) is 0.540. The molecule has 0 saturated carbocycles. The van der Waals surface area contributed by atoms with E-state index in [0.717, 1.165) is 0 Å². The largest absolute Gasteiger partial charge is 0.478 e. The van der Waals surface area contributed by atoms with Crippen molar-refractivity contribution in [3.63, 3.8) is 0 Å². The second kappa shape index (κ2) is 5.40. The zero-order valence-electron chi connectivity index (χ0n) is 11.2. The van der Waals surface area contributed by atoms with Crippen molar-refractivity contribution < 1.29 is 18.7 Å². The van der Waals surface area contributed by atoms with E-state index in [-0.39, 0.29) is 5.69 Å². The van der Waals surface area contributed by atoms with Crippen LogP contribution in [0.25, 0.3) is 10.9 Å². The highest BCUT2D eigenvalue weighted by Crippen LogP contribution is 2.28. The van der Waals surface area contributed by atoms with E-state index in [2.05, 4.69) is 10.3 Å². The summed E-state index contributed by atoms with van der Waals surface area (Å²) in [6, 6.07) is 9.65. The predicted molar refractivity (Wildman–Crippen MR) is 78.3 cm³/mol. The van der Waals surface area contributed by atoms with Gasteiger partial charge >= 0.3 is 5.97 Å². The lowest BCUT2D eigenvalue weighted by atomic mass is 10.1. The summed E-state index contributed by atoms with van der Waals surface area (Å²) in [6.45, 7) is 0. The number of nitrogens with zero attached hydrogens (tertiary/aromatic N) is 1. The zero-order chi connectivity index (χ0) is 15.7. The Hall–Kier alpha value is -3.02. The first-order valence-corrected chi connectivity index (χ1v) is 6.39. The van der Waals surface area contributed by atoms with Gasteiger partial charge in [0.25, 0.3) is 0 Å². The molecule has 0 radical (unpaired) electrons. The third kappa shape index (κ3) is 2.46. The SMILES string of the molecule is O=C(O)c1cccc(Nc2ccnc3ccc(F)cc23)c1F. The fourth-order valence-electron chi connectivity index (χ4n) is 2.17. The van der Waals surface area contributed by atoms with Crippen molar-refractivity contribution >= 4 is 28.2 Å². The van der Waals surface area contributed by atoms with Crippen LogP contribution in [0.1, 0.15) is 10.4 Å². The molecule has 1 aromatic heterocycles. The first-order chi connectivity index (χ1) is 10.6. The first kappa shape index (κ1) is 13.9. The number of hydrogen-bond acceptors (Lipinski definition) is 3. The standard InChI is InChI=1S/C16H10F2N2O2/c17-9-4-5-12-11(8-9)13(6-7-19-12)20-14-3-1-2-10(15(14)18)16(21)22/h1-8H,(H,19,20)(H,21,22). The molecule has 0 aliphatic rings. The molecule has 0 atom stereocenters. The van der Waals surface area contributed by atoms with Gasteiger partial charge in [-0.1, -0.05) is 6.07 Å². The smallest absolute Gasteiger partial charge is 0.338 e. The molecule has 4 nitrogen and oxygen atoms in total. The number of anilines is 2. The number of nitrogens with one attached hydrogen (secondary N) is 1. The van der Waals surface area contributed by atoms with Gasteiger partial charge in [-0.3, -0.25) is 4.98 Å². The van der Waals surface area contributed by atoms with Gasteiger partial charge in [0, 0.05) is 17.3 Å². The number of hydrogen-bond donors (Lipinski definition) is 2. The van der Waals surface area contributed by atoms with E-state index >= 15 is 0 Å². The van der Waals surface area contributed by atoms with Crippen molar-refractivity contribution in [2.75, 3.05) is 5.32 Å². The van der Waals surface area contributed by atoms with E-state index in [0.29, 0.717) is 16.6 Å². The fraction of sp³-hybridized carbons (Fsp3) is 0. The minimum Gasteiger partial charge on any atom is -0.478 e. The normalized spacial score (nSPS) is 10.6. The van der Waals surface area contributed by atoms with Crippen LogP contribution in [0.15, 0.2) is 48.7 Å². The van der Waals surface area contributed by atoms with Gasteiger partial charge in [-0.15, -0.1) is 0 Å². The van der Waals surface area contributed by atoms with Crippen LogP contribution < -0.4 is 5.32 Å². The number of aromatic carboxylic acids is 1. The summed E-state index contributed by atoms with van der Waals surface area (Å²) in [4.78, 5) is 15.1. The number of rotatable bonds is 3. The van der Waals surface area contributed by atoms with Gasteiger partial charge in [0.1, 0.15) is 5.82 Å². The molecule has 3 aromatic rings. The zero-order valence-corrected chi connectivity index (χ0v) is 11.2. The number of fused-ring (bicyclic) bond motifs is 1. The topological polar surface area (TPSA) is 62.2 Å². The van der Waals surface area contributed by atoms with Crippen LogP contribution in [-0.4, -0.2) is 16.1 Å². The maximum absolute atomic E-state index is 14.2. The third-order valence-electron chi connectivity index (χ3n) is 3.20. The predicted octanol–water partition coefficient (Wildman–Crippen LogP) is 3.95. The lowest BCUT2D eigenvalue weighted by molar-refractivity contribution is 0.0692. The van der Waals surface area contributed by atoms with Crippen molar-refractivity contribution in [3.8, 4) is 0 Å². The summed E-state index contributed by atoms with van der Waals surface area (Å²) in [5, 5.41) is 12.2. The van der Waals surface area contributed by atoms with Crippen molar-refractivity contribution in [1.82, 2.24) is 4.98 Å². The number of benzene rings is 2. The minimum absolute atomic E-state index is 0.00309. The Morgan fingerprint density at radius 2 is 1.91 bits per heavy atom. The van der Waals surface area contributed by atoms with Crippen molar-refractivity contribution in [2.45, 2.75) is 0 Å². The molecule has 0 bridgehead atoms. The average Bonchev–Trinajstić information content (AvgIpc) is 2.49. The van der Waals surface area contributed by atoms with Gasteiger partial charge in [0.2, 0.25) is 0 Å². The summed E-state index contributed by atoms with van der Waals surface area (Å²) < 4.78 is 27.6. The molecule has 0 aliphatic heterocycles. The monoisotopic (exact) mass is 300 g/mol. The summed E-state index contributed by atoms with van der Waals surface area (Å²) in [5.74, 6) is -2.67. The quantitative estimate of drug-likeness (QED) is 0.768. The van der Waals surface area contributed by atoms with Crippen LogP contribution in [0.4, 0.5) is 20.2 Å². The highest BCUT2D eigenvalue weighted by Gasteiger charge is 2.14. The molecule has 0 amide bonds. The van der Waals surface area contributed by atoms with Crippen LogP contribution in [0.3, 0.4) is 0 Å². The van der Waals surface area contributed by atoms with E-state index in [1.165, 1.54) is 42.6 Å². The summed E-state index contributed by atoms with van der Waals surface area (Å²) in [6.07, 6.45) is 1.50. The first-order valence-electron chi connectivity index (χ1n) is 6.39. The molecule has 2 N–H and O–H groups in total. The average molecular weight is 300 g/mol. The van der Waals surface area contributed by atoms with E-state index < -0.39 is 23.2 Å². The molecule has 22 heavy (non-hydrogen) atoms. The molecule has 3 rings (SSSR count). The molecule has 0 aliphatic carbocycles. The molecule has 0 saturated heterocycles. The molecule has 110 valence electrons. The Balaban J connectivity index is 2.09. The second-order valence-electron chi connectivity index (χ2n) is 4.62. The van der Waals surface area contributed by atoms with Gasteiger partial charge < -0.3 is 10.4 Å². The minimum atomic E-state index is -1.35. The number of carboxylic acids is 1. The molecular formula is C16H10F2N2O2. The number of carbonyl (C=O) groups is 1. The maximum Gasteiger partial charge on any atom is 0.338 e. The van der Waals surface area contributed by atoms with E-state index in [4.69, 9.17) is 5.11 Å². The van der Waals surface area contributed by atoms with Crippen molar-refractivity contribution in [2.24, 2.45) is 0 Å². The third-order valence-corrected chi connectivity index (χ3v) is 3.20. The Bertz CT molecular complexity index is 881. The number of aromatic nitrogens is 1. The number of pyridine rings is 1. The lowest BCUT2D eigenvalue weighted by Crippen LogP contribution is -2.04. The van der Waals surface area contributed by atoms with Crippen LogP contribution in [-0.2, 0) is 0 Å². The Kier molecular flexibility index (Phi) is 3.42. The number of halogens is 2. The molecule has 0 spiro atoms. The molecule has 6 heteroatoms. The van der Waals surface area contributed by atoms with E-state index in [1.54, 1.807) is 6.07 Å². The van der Waals surface area contributed by atoms with Crippen LogP contribution in [0.2, 0.25) is 0 Å². The van der Waals surface area contributed by atoms with Gasteiger partial charge in [-0.05, 0) is 36.4 Å². The highest BCUT2D eigenvalue weighted by atomic mass is 19.1. The lowest BCUT2D eigenvalue weighted by Gasteiger charge is -2.11.